The van der Waals surface area contributed by atoms with Crippen LogP contribution < -0.4 is 31.0 Å². The van der Waals surface area contributed by atoms with E-state index in [2.05, 4.69) is 36.7 Å². The Labute approximate surface area is 366 Å². The highest BCUT2D eigenvalue weighted by molar-refractivity contribution is 6.14. The molecule has 64 heavy (non-hydrogen) atoms. The number of carbonyl (C=O) groups excluding carboxylic acids is 4. The minimum atomic E-state index is -1.21. The molecular formula is C49H41N7O8. The van der Waals surface area contributed by atoms with Crippen molar-refractivity contribution in [1.29, 1.82) is 0 Å². The number of pyridine rings is 1. The maximum Gasteiger partial charge on any atom is 0.270 e. The van der Waals surface area contributed by atoms with Crippen molar-refractivity contribution in [3.8, 4) is 34.1 Å². The first-order valence-electron chi connectivity index (χ1n) is 20.1. The molecule has 6 N–H and O–H groups in total. The number of phenolic OH excluding ortho intramolecular Hbond substituents is 2. The Morgan fingerprint density at radius 2 is 0.938 bits per heavy atom. The van der Waals surface area contributed by atoms with E-state index >= 15 is 0 Å². The Balaban J connectivity index is 1.29. The van der Waals surface area contributed by atoms with Crippen LogP contribution >= 0.6 is 0 Å². The Hall–Kier alpha value is -8.59. The van der Waals surface area contributed by atoms with Crippen LogP contribution in [0.4, 0.5) is 0 Å². The number of aromatic hydroxyl groups is 2. The van der Waals surface area contributed by atoms with Crippen molar-refractivity contribution < 1.29 is 38.9 Å². The SMILES string of the molecule is COc1c2cc3ccccc3c1-c1c(OC)c(cc3ccccc13)/C=N\NC(=O)[C@H](Cc1ccc(O)cc1)NC(=O)c1cccc(n1)C(=O)N[C@@H](Cc1ccc(O)cc1)C(=O)N/N=C\2. The van der Waals surface area contributed by atoms with E-state index in [0.29, 0.717) is 44.9 Å². The molecule has 6 bridgehead atoms. The zero-order chi connectivity index (χ0) is 44.7. The van der Waals surface area contributed by atoms with Crippen LogP contribution in [0.3, 0.4) is 0 Å². The number of ether oxygens (including phenoxy) is 2. The van der Waals surface area contributed by atoms with Crippen LogP contribution in [0.15, 0.2) is 138 Å². The average Bonchev–Trinajstić information content (AvgIpc) is 3.31. The quantitative estimate of drug-likeness (QED) is 0.120. The van der Waals surface area contributed by atoms with Gasteiger partial charge < -0.3 is 30.3 Å². The van der Waals surface area contributed by atoms with Gasteiger partial charge in [-0.25, -0.2) is 15.8 Å². The van der Waals surface area contributed by atoms with Crippen LogP contribution in [0, 0.1) is 0 Å². The summed E-state index contributed by atoms with van der Waals surface area (Å²) >= 11 is 0. The largest absolute Gasteiger partial charge is 0.508 e. The lowest BCUT2D eigenvalue weighted by Crippen LogP contribution is -2.47. The number of rotatable bonds is 6. The lowest BCUT2D eigenvalue weighted by molar-refractivity contribution is -0.123. The van der Waals surface area contributed by atoms with Gasteiger partial charge in [-0.2, -0.15) is 10.2 Å². The van der Waals surface area contributed by atoms with E-state index in [9.17, 15) is 29.4 Å². The molecule has 0 aliphatic carbocycles. The normalized spacial score (nSPS) is 16.8. The summed E-state index contributed by atoms with van der Waals surface area (Å²) in [6.07, 6.45) is 2.90. The van der Waals surface area contributed by atoms with Gasteiger partial charge in [-0.05, 0) is 81.2 Å². The van der Waals surface area contributed by atoms with Crippen LogP contribution in [0.5, 0.6) is 23.0 Å². The molecule has 0 saturated carbocycles. The molecular weight excluding hydrogens is 815 g/mol. The molecule has 320 valence electrons. The molecule has 1 aliphatic rings. The van der Waals surface area contributed by atoms with Crippen molar-refractivity contribution in [3.05, 3.63) is 161 Å². The van der Waals surface area contributed by atoms with E-state index < -0.39 is 35.7 Å². The molecule has 0 radical (unpaired) electrons. The Morgan fingerprint density at radius 3 is 1.34 bits per heavy atom. The van der Waals surface area contributed by atoms with Crippen molar-refractivity contribution >= 4 is 57.6 Å². The number of nitrogens with one attached hydrogen (secondary N) is 4. The number of hydrazone groups is 2. The highest BCUT2D eigenvalue weighted by Crippen LogP contribution is 2.47. The molecule has 0 saturated heterocycles. The Bertz CT molecular complexity index is 2790. The summed E-state index contributed by atoms with van der Waals surface area (Å²) in [4.78, 5) is 59.9. The van der Waals surface area contributed by atoms with E-state index in [4.69, 9.17) is 9.47 Å². The third kappa shape index (κ3) is 9.04. The minimum absolute atomic E-state index is 0.00364. The molecule has 0 spiro atoms. The number of phenols is 2. The first-order chi connectivity index (χ1) is 31.1. The van der Waals surface area contributed by atoms with Gasteiger partial charge in [0.1, 0.15) is 46.5 Å². The fraction of sp³-hybridized carbons (Fsp3) is 0.122. The van der Waals surface area contributed by atoms with Crippen LogP contribution in [-0.4, -0.2) is 77.6 Å². The lowest BCUT2D eigenvalue weighted by Gasteiger charge is -2.21. The van der Waals surface area contributed by atoms with Crippen LogP contribution in [0.1, 0.15) is 43.2 Å². The number of nitrogens with zero attached hydrogens (tertiary/aromatic N) is 3. The number of benzene rings is 6. The molecule has 4 amide bonds. The number of hydrogen-bond acceptors (Lipinski definition) is 11. The zero-order valence-corrected chi connectivity index (χ0v) is 34.5. The van der Waals surface area contributed by atoms with Crippen molar-refractivity contribution in [2.45, 2.75) is 24.9 Å². The fourth-order valence-corrected chi connectivity index (χ4v) is 7.62. The molecule has 6 aromatic carbocycles. The average molecular weight is 856 g/mol. The van der Waals surface area contributed by atoms with Gasteiger partial charge in [0.2, 0.25) is 0 Å². The summed E-state index contributed by atoms with van der Waals surface area (Å²) in [5.74, 6) is -2.02. The van der Waals surface area contributed by atoms with E-state index in [1.807, 2.05) is 60.7 Å². The number of methoxy groups -OCH3 is 2. The third-order valence-corrected chi connectivity index (χ3v) is 10.7. The van der Waals surface area contributed by atoms with Crippen molar-refractivity contribution in [2.75, 3.05) is 14.2 Å². The summed E-state index contributed by atoms with van der Waals surface area (Å²) in [6, 6.07) is 33.3. The summed E-state index contributed by atoms with van der Waals surface area (Å²) in [7, 11) is 3.07. The lowest BCUT2D eigenvalue weighted by atomic mass is 9.89. The van der Waals surface area contributed by atoms with E-state index in [1.54, 1.807) is 24.3 Å². The first kappa shape index (κ1) is 42.1. The summed E-state index contributed by atoms with van der Waals surface area (Å²) in [5, 5.41) is 37.2. The summed E-state index contributed by atoms with van der Waals surface area (Å²) in [6.45, 7) is 0. The van der Waals surface area contributed by atoms with Crippen LogP contribution in [0.25, 0.3) is 32.7 Å². The Kier molecular flexibility index (Phi) is 12.2. The number of amides is 4. The van der Waals surface area contributed by atoms with Gasteiger partial charge in [0.15, 0.2) is 0 Å². The van der Waals surface area contributed by atoms with Crippen LogP contribution in [-0.2, 0) is 22.4 Å². The van der Waals surface area contributed by atoms with Gasteiger partial charge >= 0.3 is 0 Å². The molecule has 2 atom stereocenters. The maximum atomic E-state index is 14.0. The summed E-state index contributed by atoms with van der Waals surface area (Å²) in [5.41, 5.74) is 8.34. The molecule has 7 aromatic rings. The topological polar surface area (TPSA) is 213 Å². The number of fused-ring (bicyclic) bond motifs is 11. The third-order valence-electron chi connectivity index (χ3n) is 10.7. The van der Waals surface area contributed by atoms with Gasteiger partial charge in [-0.1, -0.05) is 78.9 Å². The van der Waals surface area contributed by atoms with E-state index in [-0.39, 0.29) is 35.7 Å². The molecule has 8 rings (SSSR count). The number of aromatic nitrogens is 1. The van der Waals surface area contributed by atoms with Gasteiger partial charge in [-0.3, -0.25) is 19.2 Å². The van der Waals surface area contributed by atoms with E-state index in [1.165, 1.54) is 69.1 Å². The standard InChI is InChI=1S/C49H41N7O8/c1-63-44-32-24-30-8-3-5-10-36(30)42(44)43-37-11-6-4-9-31(37)25-33(45(43)64-2)27-51-56-49(62)41(23-29-16-20-35(58)21-17-29)54-47(60)39-13-7-12-38(52-39)46(59)53-40(48(61)55-50-26-32)22-28-14-18-34(57)19-15-28/h3-21,24-27,40-41,57-58H,22-23H2,1-2H3,(H,53,59)(H,54,60)(H,55,61)(H,56,62)/b50-26-,51-27-/t40-,41-/m0/s1. The molecule has 0 fully saturated rings. The number of hydrogen-bond donors (Lipinski definition) is 6. The molecule has 1 aliphatic heterocycles. The predicted octanol–water partition coefficient (Wildman–Crippen LogP) is 5.78. The second-order valence-corrected chi connectivity index (χ2v) is 14.9. The maximum absolute atomic E-state index is 14.0. The molecule has 15 nitrogen and oxygen atoms in total. The van der Waals surface area contributed by atoms with Gasteiger partial charge in [-0.15, -0.1) is 0 Å². The van der Waals surface area contributed by atoms with Gasteiger partial charge in [0, 0.05) is 35.1 Å². The van der Waals surface area contributed by atoms with Gasteiger partial charge in [0.05, 0.1) is 26.6 Å². The second kappa shape index (κ2) is 18.6. The van der Waals surface area contributed by atoms with Crippen molar-refractivity contribution in [1.82, 2.24) is 26.5 Å². The van der Waals surface area contributed by atoms with Crippen LogP contribution in [0.2, 0.25) is 0 Å². The molecule has 1 aromatic heterocycles. The second-order valence-electron chi connectivity index (χ2n) is 14.9. The summed E-state index contributed by atoms with van der Waals surface area (Å²) < 4.78 is 12.3. The van der Waals surface area contributed by atoms with Crippen molar-refractivity contribution in [3.63, 3.8) is 0 Å². The smallest absolute Gasteiger partial charge is 0.270 e. The highest BCUT2D eigenvalue weighted by atomic mass is 16.5. The van der Waals surface area contributed by atoms with Crippen molar-refractivity contribution in [2.24, 2.45) is 10.2 Å². The monoisotopic (exact) mass is 855 g/mol. The zero-order valence-electron chi connectivity index (χ0n) is 34.5. The molecule has 2 heterocycles. The molecule has 0 unspecified atom stereocenters. The highest BCUT2D eigenvalue weighted by Gasteiger charge is 2.27. The van der Waals surface area contributed by atoms with Gasteiger partial charge in [0.25, 0.3) is 23.6 Å². The number of carbonyl (C=O) groups is 4. The first-order valence-corrected chi connectivity index (χ1v) is 20.1. The predicted molar refractivity (Wildman–Crippen MR) is 242 cm³/mol. The molecule has 15 heteroatoms. The minimum Gasteiger partial charge on any atom is -0.508 e. The Morgan fingerprint density at radius 1 is 0.531 bits per heavy atom. The van der Waals surface area contributed by atoms with E-state index in [0.717, 1.165) is 21.5 Å². The fourth-order valence-electron chi connectivity index (χ4n) is 7.62.